The van der Waals surface area contributed by atoms with Crippen LogP contribution in [0.1, 0.15) is 40.0 Å². The quantitative estimate of drug-likeness (QED) is 0.728. The van der Waals surface area contributed by atoms with Crippen LogP contribution in [0.3, 0.4) is 0 Å². The van der Waals surface area contributed by atoms with E-state index in [9.17, 15) is 4.79 Å². The molecule has 1 saturated heterocycles. The summed E-state index contributed by atoms with van der Waals surface area (Å²) in [5.41, 5.74) is -0.435. The number of ether oxygens (including phenoxy) is 2. The Morgan fingerprint density at radius 1 is 1.40 bits per heavy atom. The van der Waals surface area contributed by atoms with Gasteiger partial charge in [0.2, 0.25) is 0 Å². The van der Waals surface area contributed by atoms with Crippen molar-refractivity contribution in [2.75, 3.05) is 13.2 Å². The van der Waals surface area contributed by atoms with Crippen molar-refractivity contribution in [2.24, 2.45) is 0 Å². The lowest BCUT2D eigenvalue weighted by atomic mass is 10.1. The number of hydrogen-bond acceptors (Lipinski definition) is 3. The molecule has 4 nitrogen and oxygen atoms in total. The van der Waals surface area contributed by atoms with Crippen LogP contribution in [0, 0.1) is 0 Å². The molecule has 1 aliphatic rings. The van der Waals surface area contributed by atoms with Gasteiger partial charge in [0, 0.05) is 6.61 Å². The largest absolute Gasteiger partial charge is 0.444 e. The van der Waals surface area contributed by atoms with Gasteiger partial charge in [-0.1, -0.05) is 0 Å². The van der Waals surface area contributed by atoms with E-state index in [-0.39, 0.29) is 12.1 Å². The summed E-state index contributed by atoms with van der Waals surface area (Å²) < 4.78 is 10.5. The van der Waals surface area contributed by atoms with Gasteiger partial charge < -0.3 is 14.8 Å². The fourth-order valence-electron chi connectivity index (χ4n) is 1.49. The lowest BCUT2D eigenvalue weighted by Gasteiger charge is -2.22. The van der Waals surface area contributed by atoms with Crippen molar-refractivity contribution in [3.05, 3.63) is 0 Å². The van der Waals surface area contributed by atoms with Crippen LogP contribution < -0.4 is 5.32 Å². The topological polar surface area (TPSA) is 47.6 Å². The van der Waals surface area contributed by atoms with Gasteiger partial charge in [-0.15, -0.1) is 0 Å². The van der Waals surface area contributed by atoms with E-state index in [0.29, 0.717) is 6.61 Å². The van der Waals surface area contributed by atoms with E-state index in [1.54, 1.807) is 0 Å². The van der Waals surface area contributed by atoms with Gasteiger partial charge in [0.15, 0.2) is 0 Å². The number of carbonyl (C=O) groups is 1. The van der Waals surface area contributed by atoms with E-state index >= 15 is 0 Å². The minimum atomic E-state index is -0.435. The molecule has 4 heteroatoms. The van der Waals surface area contributed by atoms with E-state index in [4.69, 9.17) is 9.47 Å². The van der Waals surface area contributed by atoms with Gasteiger partial charge >= 0.3 is 6.09 Å². The fraction of sp³-hybridized carbons (Fsp3) is 0.909. The first kappa shape index (κ1) is 12.3. The summed E-state index contributed by atoms with van der Waals surface area (Å²) >= 11 is 0. The van der Waals surface area contributed by atoms with Gasteiger partial charge in [0.1, 0.15) is 5.60 Å². The first-order valence-corrected chi connectivity index (χ1v) is 5.54. The highest BCUT2D eigenvalue weighted by Crippen LogP contribution is 2.10. The molecule has 0 aromatic heterocycles. The smallest absolute Gasteiger partial charge is 0.407 e. The van der Waals surface area contributed by atoms with Gasteiger partial charge in [0.25, 0.3) is 0 Å². The monoisotopic (exact) mass is 215 g/mol. The Morgan fingerprint density at radius 3 is 2.80 bits per heavy atom. The van der Waals surface area contributed by atoms with Gasteiger partial charge in [-0.2, -0.15) is 0 Å². The Bertz CT molecular complexity index is 202. The molecule has 1 aliphatic heterocycles. The summed E-state index contributed by atoms with van der Waals surface area (Å²) in [5, 5.41) is 2.83. The zero-order valence-electron chi connectivity index (χ0n) is 9.84. The third-order valence-electron chi connectivity index (χ3n) is 2.13. The molecule has 0 unspecified atom stereocenters. The van der Waals surface area contributed by atoms with Crippen molar-refractivity contribution in [3.63, 3.8) is 0 Å². The highest BCUT2D eigenvalue weighted by molar-refractivity contribution is 5.68. The van der Waals surface area contributed by atoms with Crippen LogP contribution in [0.15, 0.2) is 0 Å². The SMILES string of the molecule is CC(C)(C)OC(=O)N[C@H]1CCCCOC1. The third-order valence-corrected chi connectivity index (χ3v) is 2.13. The number of alkyl carbamates (subject to hydrolysis) is 1. The summed E-state index contributed by atoms with van der Waals surface area (Å²) in [5.74, 6) is 0. The second-order valence-electron chi connectivity index (χ2n) is 4.91. The van der Waals surface area contributed by atoms with E-state index in [2.05, 4.69) is 5.32 Å². The van der Waals surface area contributed by atoms with E-state index in [0.717, 1.165) is 25.9 Å². The van der Waals surface area contributed by atoms with Crippen molar-refractivity contribution < 1.29 is 14.3 Å². The normalized spacial score (nSPS) is 23.0. The lowest BCUT2D eigenvalue weighted by molar-refractivity contribution is 0.0458. The van der Waals surface area contributed by atoms with Crippen molar-refractivity contribution in [3.8, 4) is 0 Å². The molecule has 1 N–H and O–H groups in total. The van der Waals surface area contributed by atoms with Crippen molar-refractivity contribution >= 4 is 6.09 Å². The molecule has 15 heavy (non-hydrogen) atoms. The van der Waals surface area contributed by atoms with E-state index in [1.807, 2.05) is 20.8 Å². The summed E-state index contributed by atoms with van der Waals surface area (Å²) in [7, 11) is 0. The summed E-state index contributed by atoms with van der Waals surface area (Å²) in [6, 6.07) is 0.0994. The van der Waals surface area contributed by atoms with Crippen LogP contribution in [-0.4, -0.2) is 30.9 Å². The molecule has 1 amide bonds. The Kier molecular flexibility index (Phi) is 4.39. The summed E-state index contributed by atoms with van der Waals surface area (Å²) in [6.45, 7) is 6.97. The van der Waals surface area contributed by atoms with E-state index in [1.165, 1.54) is 0 Å². The average molecular weight is 215 g/mol. The van der Waals surface area contributed by atoms with Crippen LogP contribution in [0.5, 0.6) is 0 Å². The zero-order chi connectivity index (χ0) is 11.3. The highest BCUT2D eigenvalue weighted by Gasteiger charge is 2.20. The highest BCUT2D eigenvalue weighted by atomic mass is 16.6. The molecule has 0 spiro atoms. The number of amides is 1. The molecule has 1 rings (SSSR count). The minimum absolute atomic E-state index is 0.0994. The number of hydrogen-bond donors (Lipinski definition) is 1. The number of nitrogens with one attached hydrogen (secondary N) is 1. The van der Waals surface area contributed by atoms with E-state index < -0.39 is 5.60 Å². The Hall–Kier alpha value is -0.770. The number of carbonyl (C=O) groups excluding carboxylic acids is 1. The first-order chi connectivity index (χ1) is 6.97. The van der Waals surface area contributed by atoms with Crippen LogP contribution >= 0.6 is 0 Å². The number of rotatable bonds is 1. The summed E-state index contributed by atoms with van der Waals surface area (Å²) in [4.78, 5) is 11.5. The van der Waals surface area contributed by atoms with Crippen LogP contribution in [-0.2, 0) is 9.47 Å². The molecular weight excluding hydrogens is 194 g/mol. The minimum Gasteiger partial charge on any atom is -0.444 e. The lowest BCUT2D eigenvalue weighted by Crippen LogP contribution is -2.41. The molecule has 0 saturated carbocycles. The maximum Gasteiger partial charge on any atom is 0.407 e. The molecule has 0 aromatic carbocycles. The zero-order valence-corrected chi connectivity index (χ0v) is 9.84. The molecule has 0 aliphatic carbocycles. The van der Waals surface area contributed by atoms with Gasteiger partial charge in [0.05, 0.1) is 12.6 Å². The third kappa shape index (κ3) is 5.62. The van der Waals surface area contributed by atoms with Crippen LogP contribution in [0.25, 0.3) is 0 Å². The standard InChI is InChI=1S/C11H21NO3/c1-11(2,3)15-10(13)12-9-6-4-5-7-14-8-9/h9H,4-8H2,1-3H3,(H,12,13)/t9-/m0/s1. The maximum atomic E-state index is 11.5. The molecule has 88 valence electrons. The average Bonchev–Trinajstić information content (AvgIpc) is 2.28. The first-order valence-electron chi connectivity index (χ1n) is 5.54. The Morgan fingerprint density at radius 2 is 2.13 bits per heavy atom. The second-order valence-corrected chi connectivity index (χ2v) is 4.91. The van der Waals surface area contributed by atoms with Gasteiger partial charge in [-0.05, 0) is 40.0 Å². The van der Waals surface area contributed by atoms with Crippen molar-refractivity contribution in [1.82, 2.24) is 5.32 Å². The van der Waals surface area contributed by atoms with Gasteiger partial charge in [-0.3, -0.25) is 0 Å². The predicted molar refractivity (Wildman–Crippen MR) is 57.8 cm³/mol. The molecule has 1 heterocycles. The van der Waals surface area contributed by atoms with Crippen LogP contribution in [0.2, 0.25) is 0 Å². The van der Waals surface area contributed by atoms with Crippen molar-refractivity contribution in [1.29, 1.82) is 0 Å². The van der Waals surface area contributed by atoms with Gasteiger partial charge in [-0.25, -0.2) is 4.79 Å². The fourth-order valence-corrected chi connectivity index (χ4v) is 1.49. The molecule has 1 atom stereocenters. The summed E-state index contributed by atoms with van der Waals surface area (Å²) in [6.07, 6.45) is 2.80. The Balaban J connectivity index is 2.30. The van der Waals surface area contributed by atoms with Crippen LogP contribution in [0.4, 0.5) is 4.79 Å². The molecule has 0 radical (unpaired) electrons. The maximum absolute atomic E-state index is 11.5. The molecule has 0 bridgehead atoms. The molecule has 0 aromatic rings. The molecular formula is C11H21NO3. The Labute approximate surface area is 91.3 Å². The molecule has 1 fully saturated rings. The van der Waals surface area contributed by atoms with Crippen molar-refractivity contribution in [2.45, 2.75) is 51.7 Å². The second kappa shape index (κ2) is 5.35. The predicted octanol–water partition coefficient (Wildman–Crippen LogP) is 2.08.